The monoisotopic (exact) mass is 439 g/mol. The van der Waals surface area contributed by atoms with Crippen LogP contribution in [-0.4, -0.2) is 40.7 Å². The highest BCUT2D eigenvalue weighted by Crippen LogP contribution is 2.34. The lowest BCUT2D eigenvalue weighted by Crippen LogP contribution is -2.56. The molecule has 1 aliphatic rings. The van der Waals surface area contributed by atoms with Crippen LogP contribution in [0.4, 0.5) is 21.9 Å². The Balaban J connectivity index is 1.70. The van der Waals surface area contributed by atoms with Crippen molar-refractivity contribution >= 4 is 41.0 Å². The smallest absolute Gasteiger partial charge is 0.311 e. The van der Waals surface area contributed by atoms with E-state index >= 15 is 0 Å². The highest BCUT2D eigenvalue weighted by atomic mass is 16.2. The van der Waals surface area contributed by atoms with Gasteiger partial charge < -0.3 is 4.90 Å². The molecule has 6 nitrogen and oxygen atoms in total. The maximum Gasteiger partial charge on any atom is 0.333 e. The number of para-hydroxylation sites is 2. The van der Waals surface area contributed by atoms with Crippen molar-refractivity contribution in [1.82, 2.24) is 9.80 Å². The molecule has 3 aromatic carbocycles. The normalized spacial score (nSPS) is 14.0. The van der Waals surface area contributed by atoms with Gasteiger partial charge in [-0.25, -0.2) is 4.79 Å². The Kier molecular flexibility index (Phi) is 6.36. The van der Waals surface area contributed by atoms with E-state index in [1.807, 2.05) is 84.9 Å². The number of barbiturate groups is 1. The van der Waals surface area contributed by atoms with Crippen molar-refractivity contribution < 1.29 is 14.4 Å². The zero-order valence-electron chi connectivity index (χ0n) is 18.6. The first kappa shape index (κ1) is 22.0. The summed E-state index contributed by atoms with van der Waals surface area (Å²) in [4.78, 5) is 42.2. The highest BCUT2D eigenvalue weighted by Gasteiger charge is 2.40. The number of hydrogen-bond acceptors (Lipinski definition) is 4. The van der Waals surface area contributed by atoms with E-state index < -0.39 is 17.8 Å². The van der Waals surface area contributed by atoms with Gasteiger partial charge in [-0.1, -0.05) is 48.5 Å². The second kappa shape index (κ2) is 9.53. The average Bonchev–Trinajstić information content (AvgIpc) is 2.85. The quantitative estimate of drug-likeness (QED) is 0.383. The molecule has 0 N–H and O–H groups in total. The number of imide groups is 2. The molecule has 6 heteroatoms. The molecule has 0 atom stereocenters. The average molecular weight is 440 g/mol. The van der Waals surface area contributed by atoms with E-state index in [1.165, 1.54) is 0 Å². The number of anilines is 3. The number of urea groups is 1. The maximum atomic E-state index is 12.8. The lowest BCUT2D eigenvalue weighted by atomic mass is 10.1. The Hall–Kier alpha value is -4.19. The molecular formula is C27H25N3O3. The van der Waals surface area contributed by atoms with Crippen LogP contribution in [0.25, 0.3) is 6.08 Å². The van der Waals surface area contributed by atoms with Crippen molar-refractivity contribution in [2.75, 3.05) is 18.0 Å². The molecule has 166 valence electrons. The van der Waals surface area contributed by atoms with Gasteiger partial charge in [0.25, 0.3) is 11.8 Å². The van der Waals surface area contributed by atoms with Gasteiger partial charge in [-0.15, -0.1) is 0 Å². The molecule has 1 saturated heterocycles. The van der Waals surface area contributed by atoms with Gasteiger partial charge in [0.05, 0.1) is 0 Å². The second-order valence-electron chi connectivity index (χ2n) is 7.54. The van der Waals surface area contributed by atoms with Gasteiger partial charge in [-0.2, -0.15) is 0 Å². The predicted octanol–water partition coefficient (Wildman–Crippen LogP) is 5.37. The van der Waals surface area contributed by atoms with Crippen molar-refractivity contribution in [3.05, 3.63) is 96.1 Å². The lowest BCUT2D eigenvalue weighted by Gasteiger charge is -2.32. The van der Waals surface area contributed by atoms with E-state index in [4.69, 9.17) is 0 Å². The van der Waals surface area contributed by atoms with Gasteiger partial charge in [0.15, 0.2) is 0 Å². The number of benzene rings is 3. The van der Waals surface area contributed by atoms with E-state index in [2.05, 4.69) is 4.90 Å². The summed E-state index contributed by atoms with van der Waals surface area (Å²) in [5.74, 6) is -1.12. The molecule has 0 saturated carbocycles. The largest absolute Gasteiger partial charge is 0.333 e. The van der Waals surface area contributed by atoms with Crippen molar-refractivity contribution in [1.29, 1.82) is 0 Å². The Bertz CT molecular complexity index is 1120. The molecule has 0 spiro atoms. The van der Waals surface area contributed by atoms with E-state index in [0.717, 1.165) is 26.9 Å². The third-order valence-corrected chi connectivity index (χ3v) is 5.54. The summed E-state index contributed by atoms with van der Waals surface area (Å²) >= 11 is 0. The minimum Gasteiger partial charge on any atom is -0.311 e. The van der Waals surface area contributed by atoms with E-state index in [-0.39, 0.29) is 18.7 Å². The fourth-order valence-electron chi connectivity index (χ4n) is 3.87. The molecule has 0 radical (unpaired) electrons. The number of rotatable bonds is 6. The van der Waals surface area contributed by atoms with Gasteiger partial charge >= 0.3 is 6.03 Å². The molecule has 33 heavy (non-hydrogen) atoms. The molecule has 0 aromatic heterocycles. The Morgan fingerprint density at radius 1 is 0.636 bits per heavy atom. The molecule has 0 unspecified atom stereocenters. The third-order valence-electron chi connectivity index (χ3n) is 5.54. The first-order valence-corrected chi connectivity index (χ1v) is 10.9. The van der Waals surface area contributed by atoms with Gasteiger partial charge in [0.2, 0.25) is 0 Å². The first-order valence-electron chi connectivity index (χ1n) is 10.9. The summed E-state index contributed by atoms with van der Waals surface area (Å²) in [5, 5.41) is 0. The summed E-state index contributed by atoms with van der Waals surface area (Å²) in [7, 11) is 0. The van der Waals surface area contributed by atoms with E-state index in [9.17, 15) is 14.4 Å². The SMILES string of the molecule is CCN1C(=O)C(=Cc2ccc(N(c3ccccc3)c3ccccc3)cc2)C(=O)N(CC)C1=O. The van der Waals surface area contributed by atoms with Gasteiger partial charge in [0.1, 0.15) is 5.57 Å². The van der Waals surface area contributed by atoms with Crippen LogP contribution in [0.3, 0.4) is 0 Å². The highest BCUT2D eigenvalue weighted by molar-refractivity contribution is 6.30. The van der Waals surface area contributed by atoms with E-state index in [1.54, 1.807) is 19.9 Å². The standard InChI is InChI=1S/C27H25N3O3/c1-3-28-25(31)24(26(32)29(4-2)27(28)33)19-20-15-17-23(18-16-20)30(21-11-7-5-8-12-21)22-13-9-6-10-14-22/h5-19H,3-4H2,1-2H3. The van der Waals surface area contributed by atoms with Crippen LogP contribution in [-0.2, 0) is 9.59 Å². The zero-order chi connectivity index (χ0) is 23.4. The molecule has 1 fully saturated rings. The molecule has 0 aliphatic carbocycles. The van der Waals surface area contributed by atoms with Crippen LogP contribution in [0.15, 0.2) is 90.5 Å². The minimum atomic E-state index is -0.566. The lowest BCUT2D eigenvalue weighted by molar-refractivity contribution is -0.135. The molecular weight excluding hydrogens is 414 g/mol. The Labute approximate surface area is 193 Å². The summed E-state index contributed by atoms with van der Waals surface area (Å²) in [6.07, 6.45) is 1.56. The molecule has 1 heterocycles. The van der Waals surface area contributed by atoms with Crippen LogP contribution in [0.1, 0.15) is 19.4 Å². The van der Waals surface area contributed by atoms with Gasteiger partial charge in [-0.3, -0.25) is 19.4 Å². The van der Waals surface area contributed by atoms with Crippen molar-refractivity contribution in [3.8, 4) is 0 Å². The summed E-state index contributed by atoms with van der Waals surface area (Å²) in [6, 6.07) is 27.1. The third kappa shape index (κ3) is 4.28. The summed E-state index contributed by atoms with van der Waals surface area (Å²) < 4.78 is 0. The zero-order valence-corrected chi connectivity index (χ0v) is 18.6. The van der Waals surface area contributed by atoms with Crippen LogP contribution >= 0.6 is 0 Å². The molecule has 4 amide bonds. The van der Waals surface area contributed by atoms with Crippen LogP contribution in [0, 0.1) is 0 Å². The summed E-state index contributed by atoms with van der Waals surface area (Å²) in [6.45, 7) is 3.85. The molecule has 0 bridgehead atoms. The van der Waals surface area contributed by atoms with Crippen LogP contribution in [0.5, 0.6) is 0 Å². The maximum absolute atomic E-state index is 12.8. The number of amides is 4. The second-order valence-corrected chi connectivity index (χ2v) is 7.54. The van der Waals surface area contributed by atoms with Gasteiger partial charge in [-0.05, 0) is 61.9 Å². The van der Waals surface area contributed by atoms with Crippen molar-refractivity contribution in [2.24, 2.45) is 0 Å². The number of carbonyl (C=O) groups is 3. The molecule has 3 aromatic rings. The first-order chi connectivity index (χ1) is 16.0. The Morgan fingerprint density at radius 3 is 1.48 bits per heavy atom. The van der Waals surface area contributed by atoms with Crippen LogP contribution in [0.2, 0.25) is 0 Å². The number of likely N-dealkylation sites (N-methyl/N-ethyl adjacent to an activating group) is 2. The fraction of sp³-hybridized carbons (Fsp3) is 0.148. The topological polar surface area (TPSA) is 60.9 Å². The van der Waals surface area contributed by atoms with Crippen molar-refractivity contribution in [2.45, 2.75) is 13.8 Å². The van der Waals surface area contributed by atoms with Crippen molar-refractivity contribution in [3.63, 3.8) is 0 Å². The number of hydrogen-bond donors (Lipinski definition) is 0. The number of carbonyl (C=O) groups excluding carboxylic acids is 3. The summed E-state index contributed by atoms with van der Waals surface area (Å²) in [5.41, 5.74) is 3.68. The van der Waals surface area contributed by atoms with E-state index in [0.29, 0.717) is 5.56 Å². The molecule has 1 aliphatic heterocycles. The van der Waals surface area contributed by atoms with Gasteiger partial charge in [0, 0.05) is 30.2 Å². The Morgan fingerprint density at radius 2 is 1.06 bits per heavy atom. The number of nitrogens with zero attached hydrogens (tertiary/aromatic N) is 3. The predicted molar refractivity (Wildman–Crippen MR) is 129 cm³/mol. The molecule has 4 rings (SSSR count). The minimum absolute atomic E-state index is 0.00553. The fourth-order valence-corrected chi connectivity index (χ4v) is 3.87. The van der Waals surface area contributed by atoms with Crippen LogP contribution < -0.4 is 4.90 Å².